The zero-order valence-electron chi connectivity index (χ0n) is 33.6. The van der Waals surface area contributed by atoms with Gasteiger partial charge in [0.15, 0.2) is 6.10 Å². The van der Waals surface area contributed by atoms with Crippen molar-refractivity contribution in [1.82, 2.24) is 0 Å². The van der Waals surface area contributed by atoms with Crippen LogP contribution in [0.1, 0.15) is 213 Å². The molecule has 0 saturated carbocycles. The maximum absolute atomic E-state index is 12.6. The van der Waals surface area contributed by atoms with Crippen LogP contribution in [-0.2, 0) is 28.6 Å². The van der Waals surface area contributed by atoms with Crippen molar-refractivity contribution < 1.29 is 28.6 Å². The van der Waals surface area contributed by atoms with E-state index in [-0.39, 0.29) is 31.1 Å². The molecule has 0 rings (SSSR count). The zero-order valence-corrected chi connectivity index (χ0v) is 33.6. The Kier molecular flexibility index (Phi) is 38.5. The first-order chi connectivity index (χ1) is 25.0. The minimum atomic E-state index is -0.767. The second kappa shape index (κ2) is 40.4. The molecule has 0 aliphatic rings. The number of esters is 3. The average Bonchev–Trinajstić information content (AvgIpc) is 3.12. The number of allylic oxidation sites excluding steroid dienone is 6. The second-order valence-corrected chi connectivity index (χ2v) is 14.3. The summed E-state index contributed by atoms with van der Waals surface area (Å²) in [5, 5.41) is 0. The molecule has 0 N–H and O–H groups in total. The van der Waals surface area contributed by atoms with Crippen molar-refractivity contribution in [2.45, 2.75) is 219 Å². The molecule has 1 unspecified atom stereocenters. The molecule has 0 saturated heterocycles. The summed E-state index contributed by atoms with van der Waals surface area (Å²) in [4.78, 5) is 37.3. The van der Waals surface area contributed by atoms with Gasteiger partial charge in [0.05, 0.1) is 0 Å². The van der Waals surface area contributed by atoms with Crippen LogP contribution in [-0.4, -0.2) is 37.2 Å². The summed E-state index contributed by atoms with van der Waals surface area (Å²) >= 11 is 0. The lowest BCUT2D eigenvalue weighted by Gasteiger charge is -2.18. The number of carbonyl (C=O) groups excluding carboxylic acids is 3. The van der Waals surface area contributed by atoms with Crippen LogP contribution in [0.4, 0.5) is 0 Å². The molecule has 0 aromatic heterocycles. The molecule has 6 nitrogen and oxygen atoms in total. The Morgan fingerprint density at radius 1 is 0.392 bits per heavy atom. The van der Waals surface area contributed by atoms with Crippen molar-refractivity contribution in [3.05, 3.63) is 36.5 Å². The summed E-state index contributed by atoms with van der Waals surface area (Å²) in [6.45, 7) is 6.48. The molecule has 0 aliphatic heterocycles. The lowest BCUT2D eigenvalue weighted by atomic mass is 10.1. The third-order valence-electron chi connectivity index (χ3n) is 9.15. The van der Waals surface area contributed by atoms with E-state index in [0.717, 1.165) is 83.5 Å². The molecule has 296 valence electrons. The Morgan fingerprint density at radius 2 is 0.706 bits per heavy atom. The number of hydrogen-bond donors (Lipinski definition) is 0. The monoisotopic (exact) mass is 717 g/mol. The minimum Gasteiger partial charge on any atom is -0.462 e. The van der Waals surface area contributed by atoms with E-state index in [1.165, 1.54) is 89.9 Å². The lowest BCUT2D eigenvalue weighted by molar-refractivity contribution is -0.167. The molecule has 0 heterocycles. The summed E-state index contributed by atoms with van der Waals surface area (Å²) in [6.07, 6.45) is 44.4. The summed E-state index contributed by atoms with van der Waals surface area (Å²) in [5.74, 6) is -0.907. The highest BCUT2D eigenvalue weighted by atomic mass is 16.6. The van der Waals surface area contributed by atoms with E-state index in [4.69, 9.17) is 14.2 Å². The highest BCUT2D eigenvalue weighted by Crippen LogP contribution is 2.13. The fourth-order valence-corrected chi connectivity index (χ4v) is 5.86. The standard InChI is InChI=1S/C45H80O6/c1-4-7-10-13-15-17-18-19-20-21-22-23-24-25-26-28-29-32-35-38-44(47)50-41-42(40-49-43(46)37-34-31-12-9-6-3)51-45(48)39-36-33-30-27-16-14-11-8-5-2/h15,17,19-20,22-23,42H,4-14,16,18,21,24-41H2,1-3H3/b17-15-,20-19-,23-22-. The van der Waals surface area contributed by atoms with Crippen LogP contribution >= 0.6 is 0 Å². The van der Waals surface area contributed by atoms with Crippen molar-refractivity contribution in [3.8, 4) is 0 Å². The van der Waals surface area contributed by atoms with E-state index < -0.39 is 6.10 Å². The predicted molar refractivity (Wildman–Crippen MR) is 215 cm³/mol. The Bertz CT molecular complexity index is 876. The predicted octanol–water partition coefficient (Wildman–Crippen LogP) is 13.4. The molecule has 0 aromatic rings. The van der Waals surface area contributed by atoms with E-state index in [1.54, 1.807) is 0 Å². The van der Waals surface area contributed by atoms with Gasteiger partial charge in [0.1, 0.15) is 13.2 Å². The second-order valence-electron chi connectivity index (χ2n) is 14.3. The molecule has 1 atom stereocenters. The molecule has 0 aromatic carbocycles. The Balaban J connectivity index is 4.19. The largest absolute Gasteiger partial charge is 0.462 e. The zero-order chi connectivity index (χ0) is 37.3. The number of hydrogen-bond acceptors (Lipinski definition) is 6. The molecule has 0 spiro atoms. The summed E-state index contributed by atoms with van der Waals surface area (Å²) in [5.41, 5.74) is 0. The summed E-state index contributed by atoms with van der Waals surface area (Å²) in [7, 11) is 0. The van der Waals surface area contributed by atoms with Crippen LogP contribution in [0.5, 0.6) is 0 Å². The van der Waals surface area contributed by atoms with Gasteiger partial charge in [0.2, 0.25) is 0 Å². The number of unbranched alkanes of at least 4 members (excludes halogenated alkanes) is 21. The highest BCUT2D eigenvalue weighted by Gasteiger charge is 2.19. The molecule has 6 heteroatoms. The van der Waals surface area contributed by atoms with Gasteiger partial charge in [0, 0.05) is 19.3 Å². The van der Waals surface area contributed by atoms with Gasteiger partial charge in [0.25, 0.3) is 0 Å². The molecule has 0 aliphatic carbocycles. The van der Waals surface area contributed by atoms with Gasteiger partial charge in [-0.15, -0.1) is 0 Å². The van der Waals surface area contributed by atoms with Crippen molar-refractivity contribution >= 4 is 17.9 Å². The van der Waals surface area contributed by atoms with E-state index in [0.29, 0.717) is 19.3 Å². The normalized spacial score (nSPS) is 12.3. The SMILES string of the molecule is CCCCC/C=C\C/C=C\C/C=C\CCCCCCCCC(=O)OCC(COC(=O)CCCCCCC)OC(=O)CCCCCCCCCCC. The van der Waals surface area contributed by atoms with Gasteiger partial charge in [-0.05, 0) is 57.8 Å². The molecule has 0 radical (unpaired) electrons. The first-order valence-corrected chi connectivity index (χ1v) is 21.5. The van der Waals surface area contributed by atoms with Crippen molar-refractivity contribution in [2.24, 2.45) is 0 Å². The van der Waals surface area contributed by atoms with Crippen LogP contribution in [0, 0.1) is 0 Å². The third kappa shape index (κ3) is 38.7. The highest BCUT2D eigenvalue weighted by molar-refractivity contribution is 5.71. The first kappa shape index (κ1) is 48.6. The maximum atomic E-state index is 12.6. The minimum absolute atomic E-state index is 0.0761. The molecule has 0 fully saturated rings. The van der Waals surface area contributed by atoms with E-state index in [2.05, 4.69) is 57.2 Å². The lowest BCUT2D eigenvalue weighted by Crippen LogP contribution is -2.30. The van der Waals surface area contributed by atoms with Crippen LogP contribution in [0.15, 0.2) is 36.5 Å². The van der Waals surface area contributed by atoms with Gasteiger partial charge < -0.3 is 14.2 Å². The summed E-state index contributed by atoms with van der Waals surface area (Å²) in [6, 6.07) is 0. The number of ether oxygens (including phenoxy) is 3. The Morgan fingerprint density at radius 3 is 1.14 bits per heavy atom. The van der Waals surface area contributed by atoms with Gasteiger partial charge in [-0.25, -0.2) is 0 Å². The smallest absolute Gasteiger partial charge is 0.306 e. The molecular weight excluding hydrogens is 636 g/mol. The average molecular weight is 717 g/mol. The van der Waals surface area contributed by atoms with Crippen molar-refractivity contribution in [3.63, 3.8) is 0 Å². The van der Waals surface area contributed by atoms with Crippen LogP contribution in [0.3, 0.4) is 0 Å². The quantitative estimate of drug-likeness (QED) is 0.0274. The van der Waals surface area contributed by atoms with Crippen LogP contribution in [0.25, 0.3) is 0 Å². The van der Waals surface area contributed by atoms with Crippen molar-refractivity contribution in [1.29, 1.82) is 0 Å². The van der Waals surface area contributed by atoms with Crippen LogP contribution < -0.4 is 0 Å². The molecular formula is C45H80O6. The van der Waals surface area contributed by atoms with E-state index >= 15 is 0 Å². The summed E-state index contributed by atoms with van der Waals surface area (Å²) < 4.78 is 16.5. The maximum Gasteiger partial charge on any atom is 0.306 e. The van der Waals surface area contributed by atoms with Gasteiger partial charge in [-0.2, -0.15) is 0 Å². The van der Waals surface area contributed by atoms with Crippen LogP contribution in [0.2, 0.25) is 0 Å². The topological polar surface area (TPSA) is 78.9 Å². The fraction of sp³-hybridized carbons (Fsp3) is 0.800. The van der Waals surface area contributed by atoms with E-state index in [1.807, 2.05) is 0 Å². The molecule has 51 heavy (non-hydrogen) atoms. The number of carbonyl (C=O) groups is 3. The molecule has 0 amide bonds. The first-order valence-electron chi connectivity index (χ1n) is 21.5. The Labute approximate surface area is 315 Å². The molecule has 0 bridgehead atoms. The van der Waals surface area contributed by atoms with Gasteiger partial charge in [-0.1, -0.05) is 173 Å². The third-order valence-corrected chi connectivity index (χ3v) is 9.15. The van der Waals surface area contributed by atoms with Gasteiger partial charge >= 0.3 is 17.9 Å². The van der Waals surface area contributed by atoms with Crippen molar-refractivity contribution in [2.75, 3.05) is 13.2 Å². The number of rotatable bonds is 38. The van der Waals surface area contributed by atoms with Gasteiger partial charge in [-0.3, -0.25) is 14.4 Å². The Hall–Kier alpha value is -2.37. The fourth-order valence-electron chi connectivity index (χ4n) is 5.86. The van der Waals surface area contributed by atoms with E-state index in [9.17, 15) is 14.4 Å².